The lowest BCUT2D eigenvalue weighted by Crippen LogP contribution is -2.12. The molecule has 0 spiro atoms. The molecule has 7 heteroatoms. The number of benzene rings is 1. The minimum absolute atomic E-state index is 0.112. The van der Waals surface area contributed by atoms with Gasteiger partial charge in [-0.15, -0.1) is 0 Å². The topological polar surface area (TPSA) is 74.1 Å². The Hall–Kier alpha value is -2.41. The van der Waals surface area contributed by atoms with Crippen molar-refractivity contribution < 1.29 is 12.6 Å². The van der Waals surface area contributed by atoms with Crippen LogP contribution < -0.4 is 4.18 Å². The van der Waals surface area contributed by atoms with Crippen LogP contribution in [-0.2, 0) is 17.2 Å². The number of hydrogen-bond donors (Lipinski definition) is 0. The molecule has 0 bridgehead atoms. The Kier molecular flexibility index (Phi) is 3.37. The summed E-state index contributed by atoms with van der Waals surface area (Å²) in [5.74, 6) is 0.253. The van der Waals surface area contributed by atoms with Gasteiger partial charge in [0.05, 0.1) is 16.9 Å². The second-order valence-electron chi connectivity index (χ2n) is 5.02. The number of fused-ring (bicyclic) bond motifs is 1. The number of rotatable bonds is 3. The Bertz CT molecular complexity index is 961. The smallest absolute Gasteiger partial charge is 0.342 e. The van der Waals surface area contributed by atoms with Crippen molar-refractivity contribution in [3.05, 3.63) is 47.9 Å². The first-order chi connectivity index (χ1) is 10.4. The van der Waals surface area contributed by atoms with Gasteiger partial charge in [-0.1, -0.05) is 6.07 Å². The van der Waals surface area contributed by atoms with Gasteiger partial charge in [0.15, 0.2) is 0 Å². The Morgan fingerprint density at radius 2 is 1.95 bits per heavy atom. The fourth-order valence-electron chi connectivity index (χ4n) is 2.39. The average molecular weight is 317 g/mol. The zero-order chi connectivity index (χ0) is 15.9. The molecule has 0 amide bonds. The molecule has 114 valence electrons. The van der Waals surface area contributed by atoms with Gasteiger partial charge in [-0.05, 0) is 38.1 Å². The zero-order valence-corrected chi connectivity index (χ0v) is 13.3. The van der Waals surface area contributed by atoms with E-state index < -0.39 is 10.1 Å². The number of hydrogen-bond acceptors (Lipinski definition) is 5. The largest absolute Gasteiger partial charge is 0.379 e. The van der Waals surface area contributed by atoms with E-state index in [9.17, 15) is 8.42 Å². The number of pyridine rings is 1. The Labute approximate surface area is 128 Å². The van der Waals surface area contributed by atoms with Crippen LogP contribution >= 0.6 is 0 Å². The molecule has 0 unspecified atom stereocenters. The molecule has 0 saturated heterocycles. The average Bonchev–Trinajstić information content (AvgIpc) is 2.72. The zero-order valence-electron chi connectivity index (χ0n) is 12.4. The van der Waals surface area contributed by atoms with Gasteiger partial charge in [0.1, 0.15) is 10.6 Å². The molecule has 0 aliphatic carbocycles. The van der Waals surface area contributed by atoms with E-state index in [1.165, 1.54) is 4.68 Å². The minimum Gasteiger partial charge on any atom is -0.379 e. The second-order valence-corrected chi connectivity index (χ2v) is 6.50. The number of aryl methyl sites for hydroxylation is 2. The number of nitrogens with zero attached hydrogens (tertiary/aromatic N) is 3. The van der Waals surface area contributed by atoms with Crippen molar-refractivity contribution in [2.45, 2.75) is 18.7 Å². The third-order valence-electron chi connectivity index (χ3n) is 3.47. The summed E-state index contributed by atoms with van der Waals surface area (Å²) in [5.41, 5.74) is 1.74. The van der Waals surface area contributed by atoms with E-state index in [0.29, 0.717) is 11.4 Å². The maximum atomic E-state index is 12.5. The van der Waals surface area contributed by atoms with E-state index in [1.807, 2.05) is 6.07 Å². The minimum atomic E-state index is -3.93. The molecule has 2 heterocycles. The van der Waals surface area contributed by atoms with Crippen LogP contribution in [0.4, 0.5) is 0 Å². The van der Waals surface area contributed by atoms with Gasteiger partial charge in [0.25, 0.3) is 0 Å². The Balaban J connectivity index is 2.03. The fraction of sp³-hybridized carbons (Fsp3) is 0.200. The predicted octanol–water partition coefficient (Wildman–Crippen LogP) is 2.35. The molecular weight excluding hydrogens is 302 g/mol. The molecule has 0 aliphatic rings. The highest BCUT2D eigenvalue weighted by Crippen LogP contribution is 2.25. The molecule has 3 aromatic rings. The lowest BCUT2D eigenvalue weighted by molar-refractivity contribution is 0.485. The van der Waals surface area contributed by atoms with Crippen LogP contribution in [0.25, 0.3) is 10.9 Å². The van der Waals surface area contributed by atoms with Crippen molar-refractivity contribution in [1.82, 2.24) is 14.8 Å². The van der Waals surface area contributed by atoms with Crippen LogP contribution in [0.3, 0.4) is 0 Å². The molecule has 1 aromatic carbocycles. The predicted molar refractivity (Wildman–Crippen MR) is 82.2 cm³/mol. The van der Waals surface area contributed by atoms with Gasteiger partial charge in [-0.3, -0.25) is 9.67 Å². The van der Waals surface area contributed by atoms with Crippen molar-refractivity contribution in [1.29, 1.82) is 0 Å². The van der Waals surface area contributed by atoms with Gasteiger partial charge in [0, 0.05) is 18.6 Å². The summed E-state index contributed by atoms with van der Waals surface area (Å²) in [6.07, 6.45) is 1.68. The van der Waals surface area contributed by atoms with E-state index in [1.54, 1.807) is 51.4 Å². The highest BCUT2D eigenvalue weighted by molar-refractivity contribution is 7.87. The van der Waals surface area contributed by atoms with Crippen molar-refractivity contribution in [2.75, 3.05) is 0 Å². The molecule has 0 radical (unpaired) electrons. The van der Waals surface area contributed by atoms with E-state index in [-0.39, 0.29) is 10.6 Å². The van der Waals surface area contributed by atoms with Crippen molar-refractivity contribution in [2.24, 2.45) is 7.05 Å². The first-order valence-corrected chi connectivity index (χ1v) is 8.09. The SMILES string of the molecule is Cc1nn(C)c(C)c1S(=O)(=O)Oc1ccc2ncccc2c1. The fourth-order valence-corrected chi connectivity index (χ4v) is 3.73. The standard InChI is InChI=1S/C15H15N3O3S/c1-10-15(11(2)18(3)17-10)22(19,20)21-13-6-7-14-12(9-13)5-4-8-16-14/h4-9H,1-3H3. The molecule has 0 atom stereocenters. The molecular formula is C15H15N3O3S. The van der Waals surface area contributed by atoms with Crippen LogP contribution in [-0.4, -0.2) is 23.2 Å². The van der Waals surface area contributed by atoms with Crippen LogP contribution in [0.1, 0.15) is 11.4 Å². The summed E-state index contributed by atoms with van der Waals surface area (Å²) in [6, 6.07) is 8.61. The molecule has 0 N–H and O–H groups in total. The summed E-state index contributed by atoms with van der Waals surface area (Å²) in [5, 5.41) is 4.93. The summed E-state index contributed by atoms with van der Waals surface area (Å²) in [7, 11) is -2.23. The molecule has 6 nitrogen and oxygen atoms in total. The van der Waals surface area contributed by atoms with Crippen LogP contribution in [0, 0.1) is 13.8 Å². The van der Waals surface area contributed by atoms with Gasteiger partial charge in [-0.2, -0.15) is 13.5 Å². The molecule has 0 aliphatic heterocycles. The van der Waals surface area contributed by atoms with E-state index in [4.69, 9.17) is 4.18 Å². The lowest BCUT2D eigenvalue weighted by atomic mass is 10.2. The molecule has 2 aromatic heterocycles. The Morgan fingerprint density at radius 3 is 2.64 bits per heavy atom. The maximum absolute atomic E-state index is 12.5. The molecule has 0 saturated carbocycles. The van der Waals surface area contributed by atoms with Crippen molar-refractivity contribution >= 4 is 21.0 Å². The first kappa shape index (κ1) is 14.5. The highest BCUT2D eigenvalue weighted by Gasteiger charge is 2.26. The third-order valence-corrected chi connectivity index (χ3v) is 4.98. The normalized spacial score (nSPS) is 11.8. The summed E-state index contributed by atoms with van der Waals surface area (Å²) in [4.78, 5) is 4.30. The third kappa shape index (κ3) is 2.43. The maximum Gasteiger partial charge on any atom is 0.342 e. The van der Waals surface area contributed by atoms with Crippen LogP contribution in [0.15, 0.2) is 41.4 Å². The molecule has 22 heavy (non-hydrogen) atoms. The molecule has 0 fully saturated rings. The van der Waals surface area contributed by atoms with Gasteiger partial charge < -0.3 is 4.18 Å². The van der Waals surface area contributed by atoms with E-state index in [0.717, 1.165) is 10.9 Å². The lowest BCUT2D eigenvalue weighted by Gasteiger charge is -2.08. The van der Waals surface area contributed by atoms with Crippen molar-refractivity contribution in [3.63, 3.8) is 0 Å². The summed E-state index contributed by atoms with van der Waals surface area (Å²) >= 11 is 0. The monoisotopic (exact) mass is 317 g/mol. The van der Waals surface area contributed by atoms with E-state index >= 15 is 0 Å². The van der Waals surface area contributed by atoms with Gasteiger partial charge >= 0.3 is 10.1 Å². The van der Waals surface area contributed by atoms with Gasteiger partial charge in [0.2, 0.25) is 0 Å². The van der Waals surface area contributed by atoms with Crippen LogP contribution in [0.2, 0.25) is 0 Å². The Morgan fingerprint density at radius 1 is 1.18 bits per heavy atom. The van der Waals surface area contributed by atoms with Crippen LogP contribution in [0.5, 0.6) is 5.75 Å². The summed E-state index contributed by atoms with van der Waals surface area (Å²) in [6.45, 7) is 3.34. The first-order valence-electron chi connectivity index (χ1n) is 6.68. The highest BCUT2D eigenvalue weighted by atomic mass is 32.2. The number of aromatic nitrogens is 3. The van der Waals surface area contributed by atoms with E-state index in [2.05, 4.69) is 10.1 Å². The second kappa shape index (κ2) is 5.10. The molecule has 3 rings (SSSR count). The van der Waals surface area contributed by atoms with Gasteiger partial charge in [-0.25, -0.2) is 0 Å². The van der Waals surface area contributed by atoms with Crippen molar-refractivity contribution in [3.8, 4) is 5.75 Å². The summed E-state index contributed by atoms with van der Waals surface area (Å²) < 4.78 is 31.8. The quantitative estimate of drug-likeness (QED) is 0.693.